The van der Waals surface area contributed by atoms with E-state index in [1.54, 1.807) is 0 Å². The van der Waals surface area contributed by atoms with Crippen LogP contribution in [-0.2, 0) is 4.74 Å². The second-order valence-corrected chi connectivity index (χ2v) is 6.40. The van der Waals surface area contributed by atoms with Crippen LogP contribution in [-0.4, -0.2) is 49.3 Å². The molecule has 2 aliphatic rings. The molecule has 5 heteroatoms. The molecule has 4 nitrogen and oxygen atoms in total. The second-order valence-electron chi connectivity index (χ2n) is 5.59. The van der Waals surface area contributed by atoms with Crippen LogP contribution in [0.25, 0.3) is 0 Å². The Morgan fingerprint density at radius 3 is 2.75 bits per heavy atom. The lowest BCUT2D eigenvalue weighted by Gasteiger charge is -2.41. The van der Waals surface area contributed by atoms with Gasteiger partial charge in [0, 0.05) is 51.6 Å². The highest BCUT2D eigenvalue weighted by Crippen LogP contribution is 2.35. The van der Waals surface area contributed by atoms with Gasteiger partial charge in [-0.3, -0.25) is 4.90 Å². The monoisotopic (exact) mass is 339 g/mol. The Labute approximate surface area is 129 Å². The number of pyridine rings is 1. The molecule has 0 aliphatic carbocycles. The summed E-state index contributed by atoms with van der Waals surface area (Å²) in [5, 5.41) is 3.45. The molecule has 1 atom stereocenters. The minimum absolute atomic E-state index is 0.500. The molecule has 0 spiro atoms. The maximum Gasteiger partial charge on any atom is 0.106 e. The fourth-order valence-electron chi connectivity index (χ4n) is 3.37. The zero-order chi connectivity index (χ0) is 13.8. The summed E-state index contributed by atoms with van der Waals surface area (Å²) < 4.78 is 6.48. The molecular formula is C15H22BrN3O. The number of ether oxygens (including phenoxy) is 1. The van der Waals surface area contributed by atoms with E-state index in [1.165, 1.54) is 5.56 Å². The summed E-state index contributed by atoms with van der Waals surface area (Å²) in [7, 11) is 0. The molecule has 0 radical (unpaired) electrons. The van der Waals surface area contributed by atoms with Gasteiger partial charge in [0.2, 0.25) is 0 Å². The van der Waals surface area contributed by atoms with Gasteiger partial charge in [0.15, 0.2) is 0 Å². The number of piperazine rings is 1. The van der Waals surface area contributed by atoms with Crippen molar-refractivity contribution in [3.8, 4) is 0 Å². The molecular weight excluding hydrogens is 318 g/mol. The predicted octanol–water partition coefficient (Wildman–Crippen LogP) is 2.22. The van der Waals surface area contributed by atoms with Crippen LogP contribution in [0.3, 0.4) is 0 Å². The highest BCUT2D eigenvalue weighted by atomic mass is 79.9. The topological polar surface area (TPSA) is 37.4 Å². The van der Waals surface area contributed by atoms with Crippen LogP contribution in [0.5, 0.6) is 0 Å². The molecule has 0 amide bonds. The van der Waals surface area contributed by atoms with E-state index in [1.807, 2.05) is 6.20 Å². The Kier molecular flexibility index (Phi) is 5.04. The molecule has 110 valence electrons. The maximum atomic E-state index is 5.54. The third-order valence-electron chi connectivity index (χ3n) is 4.35. The first-order chi connectivity index (χ1) is 9.84. The Morgan fingerprint density at radius 1 is 1.30 bits per heavy atom. The van der Waals surface area contributed by atoms with Crippen molar-refractivity contribution in [3.05, 3.63) is 28.5 Å². The lowest BCUT2D eigenvalue weighted by Crippen LogP contribution is -2.47. The lowest BCUT2D eigenvalue weighted by molar-refractivity contribution is 0.0213. The normalized spacial score (nSPS) is 23.6. The van der Waals surface area contributed by atoms with Gasteiger partial charge in [0.05, 0.1) is 0 Å². The molecule has 1 aromatic heterocycles. The first-order valence-electron chi connectivity index (χ1n) is 7.48. The van der Waals surface area contributed by atoms with Crippen LogP contribution < -0.4 is 5.32 Å². The van der Waals surface area contributed by atoms with E-state index in [4.69, 9.17) is 4.74 Å². The van der Waals surface area contributed by atoms with Crippen molar-refractivity contribution in [3.63, 3.8) is 0 Å². The number of hydrogen-bond acceptors (Lipinski definition) is 4. The van der Waals surface area contributed by atoms with Gasteiger partial charge < -0.3 is 10.1 Å². The molecule has 2 aliphatic heterocycles. The average Bonchev–Trinajstić information content (AvgIpc) is 2.50. The van der Waals surface area contributed by atoms with Crippen LogP contribution in [0.1, 0.15) is 24.4 Å². The van der Waals surface area contributed by atoms with Gasteiger partial charge >= 0.3 is 0 Å². The van der Waals surface area contributed by atoms with Gasteiger partial charge in [-0.2, -0.15) is 0 Å². The molecule has 0 unspecified atom stereocenters. The van der Waals surface area contributed by atoms with Crippen molar-refractivity contribution in [2.24, 2.45) is 5.92 Å². The molecule has 0 aromatic carbocycles. The smallest absolute Gasteiger partial charge is 0.106 e. The van der Waals surface area contributed by atoms with Crippen molar-refractivity contribution in [1.29, 1.82) is 0 Å². The zero-order valence-electron chi connectivity index (χ0n) is 11.7. The first kappa shape index (κ1) is 14.4. The summed E-state index contributed by atoms with van der Waals surface area (Å²) in [6.45, 7) is 6.24. The molecule has 3 rings (SSSR count). The van der Waals surface area contributed by atoms with E-state index in [0.29, 0.717) is 12.0 Å². The molecule has 0 saturated carbocycles. The number of rotatable bonds is 3. The Balaban J connectivity index is 1.85. The molecule has 1 N–H and O–H groups in total. The number of nitrogens with zero attached hydrogens (tertiary/aromatic N) is 2. The van der Waals surface area contributed by atoms with Crippen molar-refractivity contribution >= 4 is 15.9 Å². The minimum Gasteiger partial charge on any atom is -0.381 e. The van der Waals surface area contributed by atoms with Crippen molar-refractivity contribution < 1.29 is 4.74 Å². The van der Waals surface area contributed by atoms with Gasteiger partial charge in [-0.15, -0.1) is 0 Å². The van der Waals surface area contributed by atoms with E-state index in [-0.39, 0.29) is 0 Å². The third-order valence-corrected chi connectivity index (χ3v) is 4.78. The van der Waals surface area contributed by atoms with E-state index in [0.717, 1.165) is 56.8 Å². The number of aromatic nitrogens is 1. The molecule has 0 bridgehead atoms. The Morgan fingerprint density at radius 2 is 2.05 bits per heavy atom. The Bertz CT molecular complexity index is 413. The highest BCUT2D eigenvalue weighted by molar-refractivity contribution is 9.10. The number of nitrogens with one attached hydrogen (secondary N) is 1. The van der Waals surface area contributed by atoms with Crippen molar-refractivity contribution in [2.75, 3.05) is 39.4 Å². The molecule has 20 heavy (non-hydrogen) atoms. The van der Waals surface area contributed by atoms with Crippen LogP contribution in [0, 0.1) is 5.92 Å². The van der Waals surface area contributed by atoms with E-state index in [2.05, 4.69) is 43.3 Å². The summed E-state index contributed by atoms with van der Waals surface area (Å²) >= 11 is 3.51. The quantitative estimate of drug-likeness (QED) is 0.857. The maximum absolute atomic E-state index is 5.54. The minimum atomic E-state index is 0.500. The molecule has 1 aromatic rings. The van der Waals surface area contributed by atoms with Crippen LogP contribution in [0.2, 0.25) is 0 Å². The summed E-state index contributed by atoms with van der Waals surface area (Å²) in [4.78, 5) is 6.91. The standard InChI is InChI=1S/C15H22BrN3O/c16-14-11-13(1-4-18-14)15(12-2-9-20-10-3-12)19-7-5-17-6-8-19/h1,4,11-12,15,17H,2-3,5-10H2/t15-/m0/s1. The fourth-order valence-corrected chi connectivity index (χ4v) is 3.76. The zero-order valence-corrected chi connectivity index (χ0v) is 13.3. The summed E-state index contributed by atoms with van der Waals surface area (Å²) in [6.07, 6.45) is 4.23. The fraction of sp³-hybridized carbons (Fsp3) is 0.667. The van der Waals surface area contributed by atoms with Crippen LogP contribution in [0.15, 0.2) is 22.9 Å². The molecule has 3 heterocycles. The van der Waals surface area contributed by atoms with Crippen LogP contribution in [0.4, 0.5) is 0 Å². The van der Waals surface area contributed by atoms with Gasteiger partial charge in [-0.05, 0) is 52.4 Å². The van der Waals surface area contributed by atoms with Crippen molar-refractivity contribution in [1.82, 2.24) is 15.2 Å². The summed E-state index contributed by atoms with van der Waals surface area (Å²) in [6, 6.07) is 4.86. The van der Waals surface area contributed by atoms with E-state index >= 15 is 0 Å². The lowest BCUT2D eigenvalue weighted by atomic mass is 9.86. The highest BCUT2D eigenvalue weighted by Gasteiger charge is 2.31. The summed E-state index contributed by atoms with van der Waals surface area (Å²) in [5.41, 5.74) is 1.39. The molecule has 2 fully saturated rings. The largest absolute Gasteiger partial charge is 0.381 e. The van der Waals surface area contributed by atoms with E-state index in [9.17, 15) is 0 Å². The average molecular weight is 340 g/mol. The first-order valence-corrected chi connectivity index (χ1v) is 8.28. The SMILES string of the molecule is Brc1cc([C@H](C2CCOCC2)N2CCNCC2)ccn1. The van der Waals surface area contributed by atoms with Crippen molar-refractivity contribution in [2.45, 2.75) is 18.9 Å². The second kappa shape index (κ2) is 6.98. The van der Waals surface area contributed by atoms with Gasteiger partial charge in [0.1, 0.15) is 4.60 Å². The molecule has 2 saturated heterocycles. The van der Waals surface area contributed by atoms with Gasteiger partial charge in [-0.25, -0.2) is 4.98 Å². The van der Waals surface area contributed by atoms with E-state index < -0.39 is 0 Å². The predicted molar refractivity (Wildman–Crippen MR) is 82.7 cm³/mol. The van der Waals surface area contributed by atoms with Crippen LogP contribution >= 0.6 is 15.9 Å². The van der Waals surface area contributed by atoms with Gasteiger partial charge in [-0.1, -0.05) is 0 Å². The number of hydrogen-bond donors (Lipinski definition) is 1. The summed E-state index contributed by atoms with van der Waals surface area (Å²) in [5.74, 6) is 0.691. The third kappa shape index (κ3) is 3.39. The number of halogens is 1. The Hall–Kier alpha value is -0.490. The van der Waals surface area contributed by atoms with Gasteiger partial charge in [0.25, 0.3) is 0 Å².